The number of fused-ring (bicyclic) bond motifs is 1. The molecule has 1 saturated heterocycles. The Bertz CT molecular complexity index is 859. The molecule has 1 saturated carbocycles. The Balaban J connectivity index is 1.44. The molecule has 8 nitrogen and oxygen atoms in total. The van der Waals surface area contributed by atoms with Gasteiger partial charge in [0.1, 0.15) is 6.04 Å². The van der Waals surface area contributed by atoms with Crippen molar-refractivity contribution >= 4 is 23.5 Å². The maximum atomic E-state index is 13.1. The van der Waals surface area contributed by atoms with Crippen molar-refractivity contribution in [2.75, 3.05) is 13.2 Å². The number of ketones is 1. The zero-order chi connectivity index (χ0) is 21.8. The van der Waals surface area contributed by atoms with Crippen LogP contribution in [0.5, 0.6) is 0 Å². The fourth-order valence-electron chi connectivity index (χ4n) is 4.75. The number of amides is 3. The lowest BCUT2D eigenvalue weighted by Gasteiger charge is -2.31. The van der Waals surface area contributed by atoms with Gasteiger partial charge in [-0.3, -0.25) is 24.6 Å². The number of hydrogen-bond donors (Lipinski definition) is 2. The Labute approximate surface area is 181 Å². The van der Waals surface area contributed by atoms with E-state index in [1.165, 1.54) is 0 Å². The van der Waals surface area contributed by atoms with E-state index in [-0.39, 0.29) is 30.2 Å². The second-order valence-corrected chi connectivity index (χ2v) is 8.62. The standard InChI is InChI=1S/C23H29N3O5/c27-20(22(29)25-26-14-17-8-4-5-9-18(17)23(26)30)19(15-10-12-31-13-11-15)24-21(28)16-6-2-1-3-7-16/h4-5,8-9,15-16,19H,1-3,6-7,10-14H2,(H,24,28)(H,25,29). The lowest BCUT2D eigenvalue weighted by molar-refractivity contribution is -0.144. The summed E-state index contributed by atoms with van der Waals surface area (Å²) in [5, 5.41) is 4.04. The number of hydrogen-bond acceptors (Lipinski definition) is 5. The van der Waals surface area contributed by atoms with E-state index in [1.807, 2.05) is 12.1 Å². The van der Waals surface area contributed by atoms with Gasteiger partial charge >= 0.3 is 5.91 Å². The van der Waals surface area contributed by atoms with Crippen molar-refractivity contribution in [3.8, 4) is 0 Å². The predicted octanol–water partition coefficient (Wildman–Crippen LogP) is 1.73. The third-order valence-electron chi connectivity index (χ3n) is 6.58. The average Bonchev–Trinajstić information content (AvgIpc) is 3.13. The SMILES string of the molecule is O=C(NN1Cc2ccccc2C1=O)C(=O)C(NC(=O)C1CCCCC1)C1CCOCC1. The first kappa shape index (κ1) is 21.5. The van der Waals surface area contributed by atoms with Crippen LogP contribution in [0.25, 0.3) is 0 Å². The van der Waals surface area contributed by atoms with Gasteiger partial charge in [0, 0.05) is 24.7 Å². The van der Waals surface area contributed by atoms with Crippen LogP contribution < -0.4 is 10.7 Å². The summed E-state index contributed by atoms with van der Waals surface area (Å²) in [6, 6.07) is 6.19. The minimum atomic E-state index is -0.904. The summed E-state index contributed by atoms with van der Waals surface area (Å²) in [7, 11) is 0. The monoisotopic (exact) mass is 427 g/mol. The molecule has 1 unspecified atom stereocenters. The van der Waals surface area contributed by atoms with E-state index in [0.717, 1.165) is 42.7 Å². The quantitative estimate of drug-likeness (QED) is 0.673. The lowest BCUT2D eigenvalue weighted by atomic mass is 9.85. The van der Waals surface area contributed by atoms with Gasteiger partial charge in [0.15, 0.2) is 0 Å². The number of nitrogens with zero attached hydrogens (tertiary/aromatic N) is 1. The zero-order valence-electron chi connectivity index (χ0n) is 17.6. The normalized spacial score (nSPS) is 20.8. The van der Waals surface area contributed by atoms with Crippen molar-refractivity contribution in [2.24, 2.45) is 11.8 Å². The van der Waals surface area contributed by atoms with Crippen molar-refractivity contribution in [3.05, 3.63) is 35.4 Å². The summed E-state index contributed by atoms with van der Waals surface area (Å²) in [5.74, 6) is -2.35. The summed E-state index contributed by atoms with van der Waals surface area (Å²) in [6.07, 6.45) is 5.96. The van der Waals surface area contributed by atoms with E-state index < -0.39 is 17.7 Å². The van der Waals surface area contributed by atoms with Crippen LogP contribution in [0, 0.1) is 11.8 Å². The number of carbonyl (C=O) groups excluding carboxylic acids is 4. The van der Waals surface area contributed by atoms with Crippen molar-refractivity contribution in [2.45, 2.75) is 57.5 Å². The summed E-state index contributed by atoms with van der Waals surface area (Å²) in [5.41, 5.74) is 3.77. The molecule has 1 aliphatic carbocycles. The topological polar surface area (TPSA) is 105 Å². The Hall–Kier alpha value is -2.74. The summed E-state index contributed by atoms with van der Waals surface area (Å²) < 4.78 is 5.39. The molecule has 8 heteroatoms. The van der Waals surface area contributed by atoms with Crippen LogP contribution in [0.4, 0.5) is 0 Å². The minimum Gasteiger partial charge on any atom is -0.381 e. The van der Waals surface area contributed by atoms with Crippen LogP contribution in [0.2, 0.25) is 0 Å². The van der Waals surface area contributed by atoms with Crippen molar-refractivity contribution in [1.82, 2.24) is 15.8 Å². The van der Waals surface area contributed by atoms with Gasteiger partial charge in [-0.15, -0.1) is 0 Å². The number of nitrogens with one attached hydrogen (secondary N) is 2. The number of hydrazine groups is 1. The fraction of sp³-hybridized carbons (Fsp3) is 0.565. The van der Waals surface area contributed by atoms with Gasteiger partial charge in [0.05, 0.1) is 6.54 Å². The minimum absolute atomic E-state index is 0.110. The van der Waals surface area contributed by atoms with Crippen LogP contribution in [-0.2, 0) is 25.7 Å². The number of benzene rings is 1. The van der Waals surface area contributed by atoms with Gasteiger partial charge in [-0.25, -0.2) is 5.01 Å². The van der Waals surface area contributed by atoms with E-state index in [4.69, 9.17) is 4.74 Å². The molecule has 31 heavy (non-hydrogen) atoms. The maximum Gasteiger partial charge on any atom is 0.308 e. The number of rotatable bonds is 6. The van der Waals surface area contributed by atoms with E-state index in [9.17, 15) is 19.2 Å². The van der Waals surface area contributed by atoms with Gasteiger partial charge in [0.25, 0.3) is 5.91 Å². The summed E-state index contributed by atoms with van der Waals surface area (Å²) in [6.45, 7) is 1.20. The van der Waals surface area contributed by atoms with E-state index in [2.05, 4.69) is 10.7 Å². The number of carbonyl (C=O) groups is 4. The third kappa shape index (κ3) is 4.79. The lowest BCUT2D eigenvalue weighted by Crippen LogP contribution is -2.56. The first-order valence-corrected chi connectivity index (χ1v) is 11.2. The second-order valence-electron chi connectivity index (χ2n) is 8.62. The van der Waals surface area contributed by atoms with Crippen LogP contribution in [-0.4, -0.2) is 47.8 Å². The molecule has 2 heterocycles. The molecular formula is C23H29N3O5. The Kier molecular flexibility index (Phi) is 6.65. The molecule has 1 atom stereocenters. The highest BCUT2D eigenvalue weighted by atomic mass is 16.5. The molecular weight excluding hydrogens is 398 g/mol. The first-order chi connectivity index (χ1) is 15.0. The molecule has 0 aromatic heterocycles. The molecule has 0 bridgehead atoms. The third-order valence-corrected chi connectivity index (χ3v) is 6.58. The highest BCUT2D eigenvalue weighted by Crippen LogP contribution is 2.26. The second kappa shape index (κ2) is 9.60. The summed E-state index contributed by atoms with van der Waals surface area (Å²) in [4.78, 5) is 51.3. The summed E-state index contributed by atoms with van der Waals surface area (Å²) >= 11 is 0. The molecule has 3 amide bonds. The molecule has 1 aromatic rings. The van der Waals surface area contributed by atoms with Crippen molar-refractivity contribution in [1.29, 1.82) is 0 Å². The van der Waals surface area contributed by atoms with Crippen LogP contribution in [0.15, 0.2) is 24.3 Å². The zero-order valence-corrected chi connectivity index (χ0v) is 17.6. The van der Waals surface area contributed by atoms with E-state index in [0.29, 0.717) is 31.6 Å². The molecule has 1 aromatic carbocycles. The highest BCUT2D eigenvalue weighted by molar-refractivity contribution is 6.38. The van der Waals surface area contributed by atoms with E-state index >= 15 is 0 Å². The van der Waals surface area contributed by atoms with Gasteiger partial charge < -0.3 is 10.1 Å². The van der Waals surface area contributed by atoms with Crippen molar-refractivity contribution in [3.63, 3.8) is 0 Å². The van der Waals surface area contributed by atoms with Crippen molar-refractivity contribution < 1.29 is 23.9 Å². The molecule has 4 rings (SSSR count). The van der Waals surface area contributed by atoms with Crippen LogP contribution in [0.1, 0.15) is 60.9 Å². The molecule has 0 spiro atoms. The Morgan fingerprint density at radius 1 is 1.00 bits per heavy atom. The van der Waals surface area contributed by atoms with Gasteiger partial charge in [0.2, 0.25) is 11.7 Å². The molecule has 166 valence electrons. The highest BCUT2D eigenvalue weighted by Gasteiger charge is 2.38. The largest absolute Gasteiger partial charge is 0.381 e. The van der Waals surface area contributed by atoms with Crippen LogP contribution >= 0.6 is 0 Å². The van der Waals surface area contributed by atoms with Gasteiger partial charge in [-0.1, -0.05) is 37.5 Å². The number of Topliss-reactive ketones (excluding diaryl/α,β-unsaturated/α-hetero) is 1. The molecule has 2 N–H and O–H groups in total. The van der Waals surface area contributed by atoms with Gasteiger partial charge in [-0.2, -0.15) is 0 Å². The Morgan fingerprint density at radius 2 is 1.71 bits per heavy atom. The predicted molar refractivity (Wildman–Crippen MR) is 112 cm³/mol. The first-order valence-electron chi connectivity index (χ1n) is 11.2. The Morgan fingerprint density at radius 3 is 2.42 bits per heavy atom. The molecule has 2 aliphatic heterocycles. The number of ether oxygens (including phenoxy) is 1. The molecule has 3 aliphatic rings. The average molecular weight is 428 g/mol. The molecule has 0 radical (unpaired) electrons. The maximum absolute atomic E-state index is 13.1. The smallest absolute Gasteiger partial charge is 0.308 e. The molecule has 2 fully saturated rings. The van der Waals surface area contributed by atoms with Crippen LogP contribution in [0.3, 0.4) is 0 Å². The van der Waals surface area contributed by atoms with Gasteiger partial charge in [-0.05, 0) is 43.2 Å². The fourth-order valence-corrected chi connectivity index (χ4v) is 4.75. The van der Waals surface area contributed by atoms with E-state index in [1.54, 1.807) is 12.1 Å².